The van der Waals surface area contributed by atoms with Gasteiger partial charge in [-0.3, -0.25) is 9.59 Å². The number of hydrogen-bond donors (Lipinski definition) is 0. The Balaban J connectivity index is 0.000000468. The third kappa shape index (κ3) is 13.2. The summed E-state index contributed by atoms with van der Waals surface area (Å²) in [4.78, 5) is 21.4. The smallest absolute Gasteiger partial charge is 0.294 e. The second-order valence-corrected chi connectivity index (χ2v) is 13.3. The molecular weight excluding hydrogens is 569 g/mol. The second-order valence-electron chi connectivity index (χ2n) is 5.78. The van der Waals surface area contributed by atoms with Gasteiger partial charge in [0, 0.05) is 22.7 Å². The van der Waals surface area contributed by atoms with Crippen LogP contribution in [0, 0.1) is 23.3 Å². The average Bonchev–Trinajstić information content (AvgIpc) is 3.04. The van der Waals surface area contributed by atoms with Crippen molar-refractivity contribution >= 4 is 92.9 Å². The third-order valence-corrected chi connectivity index (χ3v) is 3.85. The van der Waals surface area contributed by atoms with E-state index in [1.807, 2.05) is 4.31 Å². The zero-order valence-corrected chi connectivity index (χ0v) is 21.8. The zero-order chi connectivity index (χ0) is 24.8. The molecule has 0 saturated heterocycles. The van der Waals surface area contributed by atoms with Crippen LogP contribution >= 0.6 is 66.2 Å². The Morgan fingerprint density at radius 2 is 1.44 bits per heavy atom. The molecule has 0 N–H and O–H groups in total. The van der Waals surface area contributed by atoms with Crippen LogP contribution < -0.4 is 0 Å². The van der Waals surface area contributed by atoms with E-state index in [0.717, 1.165) is 24.3 Å². The standard InChI is InChI=1S/C9H7ClF2O.C9H6F2O.CS2.Al.3ClH/c10-9(13)4-2-6-1-3-7(11)8(12)5-6;10-7-3-5-1-2-9(12)6(5)4-8(7)11;2-1-3;;;;/h1,3,5H,2,4H2;3-4H,1-2H2;;;3*1H/q;;;+3;;;/p-3. The van der Waals surface area contributed by atoms with E-state index in [2.05, 4.69) is 24.4 Å². The van der Waals surface area contributed by atoms with Gasteiger partial charge in [-0.15, -0.1) is 0 Å². The Hall–Kier alpha value is -0.588. The first-order valence-corrected chi connectivity index (χ1v) is 14.9. The molecule has 0 aromatic heterocycles. The van der Waals surface area contributed by atoms with Gasteiger partial charge in [-0.25, -0.2) is 47.7 Å². The van der Waals surface area contributed by atoms with Crippen molar-refractivity contribution in [3.63, 3.8) is 0 Å². The van der Waals surface area contributed by atoms with Crippen molar-refractivity contribution in [2.45, 2.75) is 25.7 Å². The predicted octanol–water partition coefficient (Wildman–Crippen LogP) is 7.46. The van der Waals surface area contributed by atoms with Crippen molar-refractivity contribution in [3.8, 4) is 0 Å². The molecule has 13 heteroatoms. The molecule has 32 heavy (non-hydrogen) atoms. The lowest BCUT2D eigenvalue weighted by molar-refractivity contribution is -0.111. The van der Waals surface area contributed by atoms with Crippen LogP contribution in [0.3, 0.4) is 0 Å². The first-order valence-electron chi connectivity index (χ1n) is 8.47. The first kappa shape index (κ1) is 31.4. The molecule has 0 amide bonds. The van der Waals surface area contributed by atoms with Crippen LogP contribution in [-0.4, -0.2) is 26.7 Å². The number of benzene rings is 2. The fourth-order valence-corrected chi connectivity index (χ4v) is 2.47. The quantitative estimate of drug-likeness (QED) is 0.163. The van der Waals surface area contributed by atoms with Gasteiger partial charge in [0.1, 0.15) is 0 Å². The van der Waals surface area contributed by atoms with E-state index in [1.165, 1.54) is 6.07 Å². The van der Waals surface area contributed by atoms with Crippen LogP contribution in [0.25, 0.3) is 0 Å². The largest absolute Gasteiger partial charge is 0.643 e. The third-order valence-electron chi connectivity index (χ3n) is 3.66. The van der Waals surface area contributed by atoms with E-state index in [9.17, 15) is 27.2 Å². The van der Waals surface area contributed by atoms with E-state index >= 15 is 0 Å². The van der Waals surface area contributed by atoms with E-state index in [4.69, 9.17) is 41.7 Å². The summed E-state index contributed by atoms with van der Waals surface area (Å²) in [6.07, 6.45) is 1.37. The number of hydrogen-bond acceptors (Lipinski definition) is 4. The molecule has 0 heterocycles. The number of thiocarbonyl (C=S) groups is 2. The van der Waals surface area contributed by atoms with Gasteiger partial charge >= 0.3 is 11.4 Å². The maximum atomic E-state index is 12.6. The van der Waals surface area contributed by atoms with Gasteiger partial charge in [0.25, 0.3) is 0 Å². The number of fused-ring (bicyclic) bond motifs is 1. The number of carbonyl (C=O) groups is 2. The molecule has 1 aliphatic carbocycles. The molecule has 0 fully saturated rings. The van der Waals surface area contributed by atoms with Gasteiger partial charge in [0.2, 0.25) is 5.24 Å². The number of carbonyl (C=O) groups excluding carboxylic acids is 2. The highest BCUT2D eigenvalue weighted by atomic mass is 35.8. The molecule has 0 spiro atoms. The average molecular weight is 582 g/mol. The Labute approximate surface area is 214 Å². The number of rotatable bonds is 3. The predicted molar refractivity (Wildman–Crippen MR) is 128 cm³/mol. The van der Waals surface area contributed by atoms with Crippen molar-refractivity contribution in [1.82, 2.24) is 0 Å². The summed E-state index contributed by atoms with van der Waals surface area (Å²) in [5.74, 6) is -3.70. The number of ketones is 1. The summed E-state index contributed by atoms with van der Waals surface area (Å²) in [5.41, 5.74) is 1.53. The van der Waals surface area contributed by atoms with Gasteiger partial charge in [-0.1, -0.05) is 6.07 Å². The molecule has 0 saturated carbocycles. The van der Waals surface area contributed by atoms with Gasteiger partial charge in [0.15, 0.2) is 29.1 Å². The molecule has 3 rings (SSSR count). The Morgan fingerprint density at radius 1 is 0.938 bits per heavy atom. The summed E-state index contributed by atoms with van der Waals surface area (Å²) in [5, 5.41) is -0.482. The van der Waals surface area contributed by atoms with Crippen LogP contribution in [0.4, 0.5) is 17.6 Å². The normalized spacial score (nSPS) is 10.8. The van der Waals surface area contributed by atoms with Crippen LogP contribution in [0.5, 0.6) is 0 Å². The summed E-state index contributed by atoms with van der Waals surface area (Å²) in [7, 11) is 14.8. The van der Waals surface area contributed by atoms with Crippen molar-refractivity contribution in [3.05, 3.63) is 70.3 Å². The topological polar surface area (TPSA) is 34.1 Å². The number of halogens is 8. The Morgan fingerprint density at radius 3 is 1.94 bits per heavy atom. The van der Waals surface area contributed by atoms with Crippen LogP contribution in [0.2, 0.25) is 0 Å². The number of aryl methyl sites for hydroxylation is 2. The van der Waals surface area contributed by atoms with Gasteiger partial charge in [-0.05, 0) is 84.3 Å². The maximum Gasteiger partial charge on any atom is 0.643 e. The lowest BCUT2D eigenvalue weighted by Crippen LogP contribution is -1.94. The molecule has 1 aliphatic rings. The highest BCUT2D eigenvalue weighted by Crippen LogP contribution is 2.24. The molecule has 0 radical (unpaired) electrons. The monoisotopic (exact) mass is 580 g/mol. The summed E-state index contributed by atoms with van der Waals surface area (Å²) >= 11 is 11.3. The molecule has 0 atom stereocenters. The molecule has 0 bridgehead atoms. The highest BCUT2D eigenvalue weighted by molar-refractivity contribution is 7.93. The van der Waals surface area contributed by atoms with Gasteiger partial charge < -0.3 is 0 Å². The van der Waals surface area contributed by atoms with Crippen molar-refractivity contribution in [2.24, 2.45) is 0 Å². The summed E-state index contributed by atoms with van der Waals surface area (Å²) in [6.45, 7) is 0. The van der Waals surface area contributed by atoms with Crippen LogP contribution in [0.15, 0.2) is 30.3 Å². The maximum absolute atomic E-state index is 12.6. The molecule has 0 aliphatic heterocycles. The van der Waals surface area contributed by atoms with Crippen molar-refractivity contribution < 1.29 is 27.2 Å². The minimum atomic E-state index is -1.72. The molecule has 2 aromatic carbocycles. The Kier molecular flexibility index (Phi) is 16.6. The first-order chi connectivity index (χ1) is 14.9. The second kappa shape index (κ2) is 16.9. The molecular formula is C19H13AlCl4F4O2S2. The molecule has 2 aromatic rings. The fraction of sp³-hybridized carbons (Fsp3) is 0.211. The van der Waals surface area contributed by atoms with Gasteiger partial charge in [0.05, 0.1) is 0 Å². The van der Waals surface area contributed by atoms with Crippen LogP contribution in [0.1, 0.15) is 34.3 Å². The lowest BCUT2D eigenvalue weighted by atomic mass is 10.1. The SMILES string of the molecule is O=C(Cl)CCc1ccc(F)c(F)c1.O=C1CCc2cc(F)c(F)cc21.S=C=S.[Cl][Al]([Cl])[Cl]. The zero-order valence-electron chi connectivity index (χ0n) is 15.9. The lowest BCUT2D eigenvalue weighted by Gasteiger charge is -1.98. The minimum absolute atomic E-state index is 0.0936. The number of Topliss-reactive ketones (excluding diaryl/α,β-unsaturated/α-hetero) is 1. The summed E-state index contributed by atoms with van der Waals surface area (Å²) in [6, 6.07) is 5.62. The van der Waals surface area contributed by atoms with Crippen molar-refractivity contribution in [2.75, 3.05) is 0 Å². The minimum Gasteiger partial charge on any atom is -0.294 e. The van der Waals surface area contributed by atoms with Gasteiger partial charge in [-0.2, -0.15) is 0 Å². The Bertz CT molecular complexity index is 972. The van der Waals surface area contributed by atoms with E-state index in [0.29, 0.717) is 36.0 Å². The fourth-order valence-electron chi connectivity index (χ4n) is 2.38. The molecule has 0 unspecified atom stereocenters. The van der Waals surface area contributed by atoms with E-state index in [-0.39, 0.29) is 12.2 Å². The molecule has 172 valence electrons. The molecule has 2 nitrogen and oxygen atoms in total. The summed E-state index contributed by atoms with van der Waals surface area (Å²) < 4.78 is 52.2. The highest BCUT2D eigenvalue weighted by Gasteiger charge is 2.21. The van der Waals surface area contributed by atoms with E-state index in [1.54, 1.807) is 0 Å². The van der Waals surface area contributed by atoms with E-state index < -0.39 is 39.9 Å². The van der Waals surface area contributed by atoms with Crippen molar-refractivity contribution in [1.29, 1.82) is 0 Å². The van der Waals surface area contributed by atoms with Crippen LogP contribution in [-0.2, 0) is 17.6 Å².